The number of amidine groups is 1. The van der Waals surface area contributed by atoms with Gasteiger partial charge in [0, 0.05) is 31.8 Å². The molecule has 0 atom stereocenters. The fourth-order valence-electron chi connectivity index (χ4n) is 3.84. The van der Waals surface area contributed by atoms with Crippen LogP contribution in [0, 0.1) is 13.8 Å². The molecule has 0 unspecified atom stereocenters. The Bertz CT molecular complexity index is 1030. The molecule has 2 aromatic rings. The topological polar surface area (TPSA) is 30.9 Å². The predicted octanol–water partition coefficient (Wildman–Crippen LogP) is 5.52. The molecule has 1 heterocycles. The van der Waals surface area contributed by atoms with Crippen molar-refractivity contribution in [3.05, 3.63) is 101 Å². The van der Waals surface area contributed by atoms with E-state index in [2.05, 4.69) is 111 Å². The Morgan fingerprint density at radius 2 is 1.84 bits per heavy atom. The van der Waals surface area contributed by atoms with Crippen molar-refractivity contribution in [2.45, 2.75) is 33.7 Å². The van der Waals surface area contributed by atoms with Gasteiger partial charge in [0.2, 0.25) is 0 Å². The molecule has 0 saturated heterocycles. The van der Waals surface area contributed by atoms with Crippen LogP contribution in [-0.4, -0.2) is 42.8 Å². The Morgan fingerprint density at radius 3 is 2.53 bits per heavy atom. The maximum absolute atomic E-state index is 4.96. The van der Waals surface area contributed by atoms with Gasteiger partial charge in [-0.1, -0.05) is 66.7 Å². The molecular formula is C28H36N4. The highest BCUT2D eigenvalue weighted by Gasteiger charge is 2.21. The first-order chi connectivity index (χ1) is 15.4. The molecule has 0 aliphatic carbocycles. The van der Waals surface area contributed by atoms with Gasteiger partial charge in [-0.05, 0) is 57.5 Å². The first-order valence-electron chi connectivity index (χ1n) is 11.3. The van der Waals surface area contributed by atoms with E-state index >= 15 is 0 Å². The second kappa shape index (κ2) is 11.0. The number of benzene rings is 2. The van der Waals surface area contributed by atoms with E-state index < -0.39 is 0 Å². The molecule has 3 rings (SSSR count). The fourth-order valence-corrected chi connectivity index (χ4v) is 3.84. The molecule has 1 N–H and O–H groups in total. The normalized spacial score (nSPS) is 16.8. The summed E-state index contributed by atoms with van der Waals surface area (Å²) in [6.45, 7) is 13.1. The summed E-state index contributed by atoms with van der Waals surface area (Å²) in [7, 11) is 4.23. The van der Waals surface area contributed by atoms with Crippen LogP contribution in [0.25, 0.3) is 5.70 Å². The third kappa shape index (κ3) is 5.98. The minimum atomic E-state index is 0.788. The number of aryl methyl sites for hydroxylation is 2. The van der Waals surface area contributed by atoms with E-state index in [0.717, 1.165) is 49.0 Å². The van der Waals surface area contributed by atoms with Crippen molar-refractivity contribution in [1.82, 2.24) is 15.1 Å². The molecule has 0 fully saturated rings. The monoisotopic (exact) mass is 428 g/mol. The molecule has 4 nitrogen and oxygen atoms in total. The highest BCUT2D eigenvalue weighted by Crippen LogP contribution is 2.24. The largest absolute Gasteiger partial charge is 0.341 e. The van der Waals surface area contributed by atoms with E-state index in [0.29, 0.717) is 0 Å². The molecule has 2 aromatic carbocycles. The van der Waals surface area contributed by atoms with Gasteiger partial charge >= 0.3 is 0 Å². The lowest BCUT2D eigenvalue weighted by Gasteiger charge is -2.32. The second-order valence-corrected chi connectivity index (χ2v) is 8.61. The zero-order valence-corrected chi connectivity index (χ0v) is 20.2. The van der Waals surface area contributed by atoms with Gasteiger partial charge in [-0.2, -0.15) is 0 Å². The van der Waals surface area contributed by atoms with Crippen molar-refractivity contribution in [2.75, 3.05) is 27.2 Å². The summed E-state index contributed by atoms with van der Waals surface area (Å²) in [5.41, 5.74) is 7.26. The minimum Gasteiger partial charge on any atom is -0.341 e. The summed E-state index contributed by atoms with van der Waals surface area (Å²) in [6.07, 6.45) is 5.05. The number of aliphatic imine (C=N–C) groups is 1. The average Bonchev–Trinajstić information content (AvgIpc) is 2.79. The molecule has 168 valence electrons. The van der Waals surface area contributed by atoms with Gasteiger partial charge in [-0.15, -0.1) is 0 Å². The van der Waals surface area contributed by atoms with Crippen molar-refractivity contribution in [1.29, 1.82) is 0 Å². The van der Waals surface area contributed by atoms with E-state index in [1.54, 1.807) is 0 Å². The van der Waals surface area contributed by atoms with Gasteiger partial charge in [-0.3, -0.25) is 4.99 Å². The highest BCUT2D eigenvalue weighted by molar-refractivity contribution is 6.02. The summed E-state index contributed by atoms with van der Waals surface area (Å²) in [5.74, 6) is 2.00. The maximum atomic E-state index is 4.96. The van der Waals surface area contributed by atoms with Crippen LogP contribution in [0.5, 0.6) is 0 Å². The molecule has 0 radical (unpaired) electrons. The first-order valence-corrected chi connectivity index (χ1v) is 11.3. The summed E-state index contributed by atoms with van der Waals surface area (Å²) < 4.78 is 0. The summed E-state index contributed by atoms with van der Waals surface area (Å²) >= 11 is 0. The van der Waals surface area contributed by atoms with Gasteiger partial charge in [-0.25, -0.2) is 0 Å². The number of nitrogens with zero attached hydrogens (tertiary/aromatic N) is 3. The third-order valence-corrected chi connectivity index (χ3v) is 5.87. The van der Waals surface area contributed by atoms with E-state index in [1.807, 2.05) is 6.08 Å². The van der Waals surface area contributed by atoms with E-state index in [-0.39, 0.29) is 0 Å². The molecule has 4 heteroatoms. The average molecular weight is 429 g/mol. The number of allylic oxidation sites excluding steroid dienone is 2. The minimum absolute atomic E-state index is 0.788. The summed E-state index contributed by atoms with van der Waals surface area (Å²) in [6, 6.07) is 17.2. The maximum Gasteiger partial charge on any atom is 0.130 e. The molecule has 0 aromatic heterocycles. The van der Waals surface area contributed by atoms with Crippen LogP contribution >= 0.6 is 0 Å². The standard InChI is InChI=1S/C28H36N4/c1-7-22(3)28-30-26(25-12-9-8-11-23(25)4)19-27(32(28)6)29-17-10-18-31(5)20-24-15-13-21(2)14-16-24/h7-9,11-16,19,30H,1,10,17-18,20H2,2-6H3/b28-22-,29-27?. The highest BCUT2D eigenvalue weighted by atomic mass is 15.3. The second-order valence-electron chi connectivity index (χ2n) is 8.61. The van der Waals surface area contributed by atoms with Crippen LogP contribution in [0.2, 0.25) is 0 Å². The van der Waals surface area contributed by atoms with Crippen LogP contribution < -0.4 is 5.32 Å². The van der Waals surface area contributed by atoms with Gasteiger partial charge < -0.3 is 15.1 Å². The first kappa shape index (κ1) is 23.6. The number of nitrogens with one attached hydrogen (secondary N) is 1. The molecule has 0 bridgehead atoms. The molecule has 0 amide bonds. The van der Waals surface area contributed by atoms with Gasteiger partial charge in [0.05, 0.1) is 5.70 Å². The molecule has 1 aliphatic rings. The Labute approximate surface area is 193 Å². The van der Waals surface area contributed by atoms with Gasteiger partial charge in [0.15, 0.2) is 0 Å². The quantitative estimate of drug-likeness (QED) is 0.562. The van der Waals surface area contributed by atoms with Crippen LogP contribution in [0.3, 0.4) is 0 Å². The molecular weight excluding hydrogens is 392 g/mol. The molecule has 32 heavy (non-hydrogen) atoms. The lowest BCUT2D eigenvalue weighted by Crippen LogP contribution is -2.38. The van der Waals surface area contributed by atoms with Gasteiger partial charge in [0.25, 0.3) is 0 Å². The van der Waals surface area contributed by atoms with Crippen LogP contribution in [0.4, 0.5) is 0 Å². The Kier molecular flexibility index (Phi) is 8.07. The van der Waals surface area contributed by atoms with Crippen molar-refractivity contribution >= 4 is 11.5 Å². The zero-order chi connectivity index (χ0) is 23.1. The number of likely N-dealkylation sites (N-methyl/N-ethyl adjacent to an activating group) is 1. The predicted molar refractivity (Wildman–Crippen MR) is 137 cm³/mol. The Hall–Kier alpha value is -3.11. The van der Waals surface area contributed by atoms with E-state index in [1.165, 1.54) is 22.3 Å². The SMILES string of the molecule is C=C/C(C)=C1/NC(c2ccccc2C)=CC(=NCCCN(C)Cc2ccc(C)cc2)N1C. The molecule has 0 spiro atoms. The fraction of sp³-hybridized carbons (Fsp3) is 0.321. The smallest absolute Gasteiger partial charge is 0.130 e. The molecule has 0 saturated carbocycles. The van der Waals surface area contributed by atoms with Crippen LogP contribution in [0.1, 0.15) is 35.6 Å². The van der Waals surface area contributed by atoms with Crippen molar-refractivity contribution in [2.24, 2.45) is 4.99 Å². The Morgan fingerprint density at radius 1 is 1.12 bits per heavy atom. The number of rotatable bonds is 8. The van der Waals surface area contributed by atoms with Crippen LogP contribution in [-0.2, 0) is 6.54 Å². The number of hydrogen-bond acceptors (Lipinski definition) is 3. The van der Waals surface area contributed by atoms with Crippen molar-refractivity contribution in [3.63, 3.8) is 0 Å². The summed E-state index contributed by atoms with van der Waals surface area (Å²) in [4.78, 5) is 9.44. The van der Waals surface area contributed by atoms with Crippen molar-refractivity contribution < 1.29 is 0 Å². The lowest BCUT2D eigenvalue weighted by molar-refractivity contribution is 0.324. The van der Waals surface area contributed by atoms with E-state index in [4.69, 9.17) is 4.99 Å². The third-order valence-electron chi connectivity index (χ3n) is 5.87. The Balaban J connectivity index is 1.70. The lowest BCUT2D eigenvalue weighted by atomic mass is 10.0. The van der Waals surface area contributed by atoms with E-state index in [9.17, 15) is 0 Å². The zero-order valence-electron chi connectivity index (χ0n) is 20.2. The molecule has 1 aliphatic heterocycles. The van der Waals surface area contributed by atoms with Crippen LogP contribution in [0.15, 0.2) is 83.6 Å². The summed E-state index contributed by atoms with van der Waals surface area (Å²) in [5, 5.41) is 3.59. The number of hydrogen-bond donors (Lipinski definition) is 1. The van der Waals surface area contributed by atoms with Crippen molar-refractivity contribution in [3.8, 4) is 0 Å². The van der Waals surface area contributed by atoms with Gasteiger partial charge in [0.1, 0.15) is 11.7 Å².